The molecule has 35 valence electrons. The van der Waals surface area contributed by atoms with Gasteiger partial charge in [0.05, 0.1) is 6.33 Å². The van der Waals surface area contributed by atoms with Crippen LogP contribution < -0.4 is 0 Å². The van der Waals surface area contributed by atoms with Gasteiger partial charge in [-0.25, -0.2) is 4.39 Å². The molecule has 0 aromatic rings. The molecule has 0 spiro atoms. The second-order valence-corrected chi connectivity index (χ2v) is 1.26. The Balaban J connectivity index is 2.66. The van der Waals surface area contributed by atoms with Crippen LogP contribution in [0.4, 0.5) is 4.39 Å². The van der Waals surface area contributed by atoms with Crippen molar-refractivity contribution in [2.24, 2.45) is 0 Å². The number of hydrogen-bond acceptors (Lipinski definition) is 0. The first-order valence-corrected chi connectivity index (χ1v) is 2.33. The molecule has 0 aromatic carbocycles. The predicted octanol–water partition coefficient (Wildman–Crippen LogP) is 2.06. The molecule has 0 fully saturated rings. The van der Waals surface area contributed by atoms with E-state index in [1.165, 1.54) is 6.08 Å². The summed E-state index contributed by atoms with van der Waals surface area (Å²) in [6.45, 7) is 0. The minimum Gasteiger partial charge on any atom is -0.216 e. The lowest BCUT2D eigenvalue weighted by Gasteiger charge is -1.72. The second kappa shape index (κ2) is 5.02. The maximum atomic E-state index is 11.0. The van der Waals surface area contributed by atoms with Crippen molar-refractivity contribution >= 4 is 12.6 Å². The molecule has 0 aliphatic heterocycles. The molecule has 0 saturated heterocycles. The molecule has 0 rings (SSSR count). The summed E-state index contributed by atoms with van der Waals surface area (Å²) >= 11 is 4.50. The maximum absolute atomic E-state index is 11.0. The van der Waals surface area contributed by atoms with Crippen LogP contribution in [0.5, 0.6) is 0 Å². The molecule has 0 nitrogen and oxygen atoms in total. The van der Waals surface area contributed by atoms with Gasteiger partial charge in [0.2, 0.25) is 0 Å². The lowest BCUT2D eigenvalue weighted by atomic mass is 10.5. The molecular weight excluding hydrogens is 99.1 g/mol. The predicted molar refractivity (Wildman–Crippen MR) is 27.3 cm³/mol. The number of halogens is 1. The second-order valence-electron chi connectivity index (χ2n) is 0.854. The van der Waals surface area contributed by atoms with Crippen LogP contribution in [-0.2, 0) is 0 Å². The van der Waals surface area contributed by atoms with E-state index in [2.05, 4.69) is 12.6 Å². The average molecular weight is 105 g/mol. The maximum Gasteiger partial charge on any atom is 0.0827 e. The Kier molecular flexibility index (Phi) is 5.04. The Morgan fingerprint density at radius 3 is 2.50 bits per heavy atom. The lowest BCUT2D eigenvalue weighted by molar-refractivity contribution is 0.716. The summed E-state index contributed by atoms with van der Waals surface area (Å²) in [6.07, 6.45) is 2.60. The van der Waals surface area contributed by atoms with Gasteiger partial charge in [0, 0.05) is 5.75 Å². The molecule has 2 heteroatoms. The highest BCUT2D eigenvalue weighted by Gasteiger charge is 1.68. The molecule has 0 amide bonds. The van der Waals surface area contributed by atoms with Gasteiger partial charge < -0.3 is 0 Å². The highest BCUT2D eigenvalue weighted by atomic mass is 32.1. The zero-order valence-electron chi connectivity index (χ0n) is 3.36. The molecule has 1 radical (unpaired) electrons. The van der Waals surface area contributed by atoms with E-state index in [1.54, 1.807) is 0 Å². The van der Waals surface area contributed by atoms with E-state index < -0.39 is 0 Å². The summed E-state index contributed by atoms with van der Waals surface area (Å²) in [5.74, 6) is 0.612. The van der Waals surface area contributed by atoms with Crippen molar-refractivity contribution in [1.29, 1.82) is 0 Å². The van der Waals surface area contributed by atoms with Gasteiger partial charge in [0.15, 0.2) is 0 Å². The number of allylic oxidation sites excluding steroid dienone is 1. The van der Waals surface area contributed by atoms with Gasteiger partial charge in [-0.1, -0.05) is 18.7 Å². The standard InChI is InChI=1S/C4H6FS/c5-3-1-2-4-6/h1,3H,2,4H2/b3-1+. The fourth-order valence-electron chi connectivity index (χ4n) is 0.131. The van der Waals surface area contributed by atoms with Crippen LogP contribution in [0, 0.1) is 0 Å². The van der Waals surface area contributed by atoms with E-state index in [0.29, 0.717) is 18.5 Å². The normalized spacial score (nSPS) is 10.3. The van der Waals surface area contributed by atoms with E-state index in [-0.39, 0.29) is 0 Å². The molecular formula is C4H6FS. The van der Waals surface area contributed by atoms with E-state index >= 15 is 0 Å². The number of rotatable bonds is 2. The third-order valence-corrected chi connectivity index (χ3v) is 0.609. The van der Waals surface area contributed by atoms with Crippen molar-refractivity contribution in [2.45, 2.75) is 6.42 Å². The molecule has 0 aliphatic rings. The van der Waals surface area contributed by atoms with Crippen LogP contribution in [0.15, 0.2) is 12.4 Å². The van der Waals surface area contributed by atoms with Crippen LogP contribution >= 0.6 is 12.6 Å². The van der Waals surface area contributed by atoms with E-state index in [1.807, 2.05) is 0 Å². The monoisotopic (exact) mass is 105 g/mol. The van der Waals surface area contributed by atoms with Gasteiger partial charge in [-0.2, -0.15) is 0 Å². The van der Waals surface area contributed by atoms with Crippen LogP contribution in [-0.4, -0.2) is 5.75 Å². The summed E-state index contributed by atoms with van der Waals surface area (Å²) in [5, 5.41) is 0. The fraction of sp³-hybridized carbons (Fsp3) is 0.500. The van der Waals surface area contributed by atoms with Gasteiger partial charge >= 0.3 is 0 Å². The third-order valence-electron chi connectivity index (χ3n) is 0.374. The topological polar surface area (TPSA) is 0 Å². The molecule has 0 aliphatic carbocycles. The highest BCUT2D eigenvalue weighted by molar-refractivity contribution is 7.80. The summed E-state index contributed by atoms with van der Waals surface area (Å²) in [7, 11) is 0. The molecule has 6 heavy (non-hydrogen) atoms. The van der Waals surface area contributed by atoms with Crippen molar-refractivity contribution in [1.82, 2.24) is 0 Å². The zero-order chi connectivity index (χ0) is 4.83. The van der Waals surface area contributed by atoms with Crippen molar-refractivity contribution in [3.05, 3.63) is 12.4 Å². The quantitative estimate of drug-likeness (QED) is 0.504. The molecule has 0 unspecified atom stereocenters. The molecule has 0 heterocycles. The molecule has 0 N–H and O–H groups in total. The summed E-state index contributed by atoms with van der Waals surface area (Å²) in [5.41, 5.74) is 0. The molecule has 0 aromatic heterocycles. The van der Waals surface area contributed by atoms with Gasteiger partial charge in [-0.05, 0) is 6.42 Å². The fourth-order valence-corrected chi connectivity index (χ4v) is 0.267. The number of hydrogen-bond donors (Lipinski definition) is 0. The highest BCUT2D eigenvalue weighted by Crippen LogP contribution is 1.84. The Morgan fingerprint density at radius 1 is 1.67 bits per heavy atom. The SMILES string of the molecule is F/C=C/CC[S]. The van der Waals surface area contributed by atoms with Crippen molar-refractivity contribution in [2.75, 3.05) is 5.75 Å². The Morgan fingerprint density at radius 2 is 2.33 bits per heavy atom. The zero-order valence-corrected chi connectivity index (χ0v) is 4.17. The summed E-state index contributed by atoms with van der Waals surface area (Å²) in [6, 6.07) is 0. The van der Waals surface area contributed by atoms with E-state index in [0.717, 1.165) is 0 Å². The van der Waals surface area contributed by atoms with Crippen LogP contribution in [0.25, 0.3) is 0 Å². The first-order valence-electron chi connectivity index (χ1n) is 1.75. The summed E-state index contributed by atoms with van der Waals surface area (Å²) in [4.78, 5) is 0. The molecule has 0 atom stereocenters. The third kappa shape index (κ3) is 4.02. The van der Waals surface area contributed by atoms with Crippen molar-refractivity contribution < 1.29 is 4.39 Å². The minimum atomic E-state index is 0.520. The summed E-state index contributed by atoms with van der Waals surface area (Å²) < 4.78 is 11.0. The minimum absolute atomic E-state index is 0.520. The van der Waals surface area contributed by atoms with Crippen molar-refractivity contribution in [3.63, 3.8) is 0 Å². The molecule has 0 saturated carbocycles. The Bertz CT molecular complexity index is 42.8. The lowest BCUT2D eigenvalue weighted by Crippen LogP contribution is -1.61. The Hall–Kier alpha value is 0.0200. The van der Waals surface area contributed by atoms with Crippen molar-refractivity contribution in [3.8, 4) is 0 Å². The van der Waals surface area contributed by atoms with E-state index in [4.69, 9.17) is 0 Å². The first kappa shape index (κ1) is 6.02. The molecule has 0 bridgehead atoms. The average Bonchev–Trinajstić information content (AvgIpc) is 1.61. The van der Waals surface area contributed by atoms with Crippen LogP contribution in [0.3, 0.4) is 0 Å². The van der Waals surface area contributed by atoms with Gasteiger partial charge in [0.25, 0.3) is 0 Å². The largest absolute Gasteiger partial charge is 0.216 e. The van der Waals surface area contributed by atoms with Crippen LogP contribution in [0.1, 0.15) is 6.42 Å². The Labute approximate surface area is 42.5 Å². The van der Waals surface area contributed by atoms with Gasteiger partial charge in [-0.3, -0.25) is 0 Å². The first-order chi connectivity index (χ1) is 2.91. The smallest absolute Gasteiger partial charge is 0.0827 e. The van der Waals surface area contributed by atoms with Crippen LogP contribution in [0.2, 0.25) is 0 Å². The van der Waals surface area contributed by atoms with E-state index in [9.17, 15) is 4.39 Å². The van der Waals surface area contributed by atoms with Gasteiger partial charge in [-0.15, -0.1) is 0 Å². The van der Waals surface area contributed by atoms with Gasteiger partial charge in [0.1, 0.15) is 0 Å².